The van der Waals surface area contributed by atoms with Crippen LogP contribution in [0, 0.1) is 0 Å². The Morgan fingerprint density at radius 1 is 0.920 bits per heavy atom. The third-order valence-corrected chi connectivity index (χ3v) is 4.85. The lowest BCUT2D eigenvalue weighted by Gasteiger charge is -2.36. The first-order valence-corrected chi connectivity index (χ1v) is 10.0. The zero-order valence-electron chi connectivity index (χ0n) is 15.8. The molecule has 1 heterocycles. The Balaban J connectivity index is 1.89. The Hall–Kier alpha value is -0.460. The number of aliphatic hydroxyl groups is 3. The van der Waals surface area contributed by atoms with Crippen LogP contribution in [0.2, 0.25) is 0 Å². The van der Waals surface area contributed by atoms with Crippen LogP contribution in [0.15, 0.2) is 12.2 Å². The van der Waals surface area contributed by atoms with Crippen LogP contribution < -0.4 is 0 Å². The van der Waals surface area contributed by atoms with Crippen LogP contribution in [0.25, 0.3) is 0 Å². The Bertz CT molecular complexity index is 334. The molecule has 0 aromatic heterocycles. The first-order chi connectivity index (χ1) is 12.2. The van der Waals surface area contributed by atoms with Crippen LogP contribution in [-0.2, 0) is 9.47 Å². The molecule has 0 aromatic rings. The van der Waals surface area contributed by atoms with Gasteiger partial charge in [-0.25, -0.2) is 0 Å². The normalized spacial score (nSPS) is 27.2. The minimum absolute atomic E-state index is 0.220. The van der Waals surface area contributed by atoms with E-state index in [1.807, 2.05) is 0 Å². The highest BCUT2D eigenvalue weighted by atomic mass is 16.6. The maximum absolute atomic E-state index is 9.96. The number of hydrogen-bond acceptors (Lipinski definition) is 5. The summed E-state index contributed by atoms with van der Waals surface area (Å²) in [4.78, 5) is 0. The van der Waals surface area contributed by atoms with Crippen molar-refractivity contribution in [2.24, 2.45) is 0 Å². The van der Waals surface area contributed by atoms with Crippen LogP contribution in [0.1, 0.15) is 71.1 Å². The van der Waals surface area contributed by atoms with E-state index in [0.29, 0.717) is 6.61 Å². The monoisotopic (exact) mass is 358 g/mol. The third kappa shape index (κ3) is 9.71. The molecule has 5 nitrogen and oxygen atoms in total. The highest BCUT2D eigenvalue weighted by Gasteiger charge is 2.38. The Kier molecular flexibility index (Phi) is 13.3. The molecule has 0 unspecified atom stereocenters. The molecule has 0 aromatic carbocycles. The van der Waals surface area contributed by atoms with Crippen molar-refractivity contribution >= 4 is 0 Å². The Morgan fingerprint density at radius 2 is 1.52 bits per heavy atom. The quantitative estimate of drug-likeness (QED) is 0.329. The van der Waals surface area contributed by atoms with Crippen molar-refractivity contribution < 1.29 is 24.8 Å². The van der Waals surface area contributed by atoms with Crippen LogP contribution in [0.5, 0.6) is 0 Å². The highest BCUT2D eigenvalue weighted by molar-refractivity contribution is 4.87. The lowest BCUT2D eigenvalue weighted by molar-refractivity contribution is -0.208. The summed E-state index contributed by atoms with van der Waals surface area (Å²) in [5.41, 5.74) is 0. The van der Waals surface area contributed by atoms with Gasteiger partial charge in [-0.15, -0.1) is 0 Å². The average molecular weight is 359 g/mol. The molecule has 0 amide bonds. The maximum atomic E-state index is 9.96. The van der Waals surface area contributed by atoms with Gasteiger partial charge in [0.1, 0.15) is 24.4 Å². The largest absolute Gasteiger partial charge is 0.394 e. The van der Waals surface area contributed by atoms with Crippen molar-refractivity contribution in [3.05, 3.63) is 12.2 Å². The molecule has 0 spiro atoms. The number of hydrogen-bond donors (Lipinski definition) is 3. The van der Waals surface area contributed by atoms with Gasteiger partial charge in [-0.3, -0.25) is 0 Å². The third-order valence-electron chi connectivity index (χ3n) is 4.85. The van der Waals surface area contributed by atoms with Crippen LogP contribution in [0.4, 0.5) is 0 Å². The van der Waals surface area contributed by atoms with Gasteiger partial charge in [-0.2, -0.15) is 0 Å². The lowest BCUT2D eigenvalue weighted by Crippen LogP contribution is -2.55. The molecule has 1 aliphatic heterocycles. The lowest BCUT2D eigenvalue weighted by atomic mass is 10.0. The predicted molar refractivity (Wildman–Crippen MR) is 99.6 cm³/mol. The summed E-state index contributed by atoms with van der Waals surface area (Å²) in [7, 11) is 0. The molecule has 0 bridgehead atoms. The molecule has 0 radical (unpaired) electrons. The number of aliphatic hydroxyl groups excluding tert-OH is 3. The molecule has 25 heavy (non-hydrogen) atoms. The van der Waals surface area contributed by atoms with Crippen molar-refractivity contribution in [2.45, 2.75) is 95.5 Å². The van der Waals surface area contributed by atoms with E-state index in [0.717, 1.165) is 12.8 Å². The minimum atomic E-state index is -1.08. The van der Waals surface area contributed by atoms with Crippen molar-refractivity contribution in [1.82, 2.24) is 0 Å². The first kappa shape index (κ1) is 22.6. The smallest absolute Gasteiger partial charge is 0.111 e. The van der Waals surface area contributed by atoms with Gasteiger partial charge < -0.3 is 24.8 Å². The molecule has 1 rings (SSSR count). The molecule has 1 fully saturated rings. The maximum Gasteiger partial charge on any atom is 0.111 e. The van der Waals surface area contributed by atoms with Gasteiger partial charge in [0.05, 0.1) is 13.2 Å². The van der Waals surface area contributed by atoms with Crippen molar-refractivity contribution in [3.63, 3.8) is 0 Å². The zero-order valence-corrected chi connectivity index (χ0v) is 15.8. The highest BCUT2D eigenvalue weighted by Crippen LogP contribution is 2.18. The van der Waals surface area contributed by atoms with E-state index >= 15 is 0 Å². The fourth-order valence-electron chi connectivity index (χ4n) is 3.17. The van der Waals surface area contributed by atoms with E-state index in [-0.39, 0.29) is 13.2 Å². The fourth-order valence-corrected chi connectivity index (χ4v) is 3.17. The molecule has 1 aliphatic rings. The molecule has 3 N–H and O–H groups in total. The van der Waals surface area contributed by atoms with Gasteiger partial charge >= 0.3 is 0 Å². The number of ether oxygens (including phenoxy) is 2. The summed E-state index contributed by atoms with van der Waals surface area (Å²) in [6.07, 6.45) is 13.5. The van der Waals surface area contributed by atoms with Crippen molar-refractivity contribution in [1.29, 1.82) is 0 Å². The first-order valence-electron chi connectivity index (χ1n) is 10.0. The van der Waals surface area contributed by atoms with Crippen molar-refractivity contribution in [2.75, 3.05) is 19.8 Å². The van der Waals surface area contributed by atoms with E-state index in [2.05, 4.69) is 19.1 Å². The summed E-state index contributed by atoms with van der Waals surface area (Å²) in [5.74, 6) is 0. The van der Waals surface area contributed by atoms with E-state index < -0.39 is 24.4 Å². The van der Waals surface area contributed by atoms with Gasteiger partial charge in [0.15, 0.2) is 0 Å². The molecular formula is C20H38O5. The molecule has 148 valence electrons. The summed E-state index contributed by atoms with van der Waals surface area (Å²) in [6.45, 7) is 2.58. The molecular weight excluding hydrogens is 320 g/mol. The minimum Gasteiger partial charge on any atom is -0.394 e. The second kappa shape index (κ2) is 14.7. The second-order valence-corrected chi connectivity index (χ2v) is 6.98. The second-order valence-electron chi connectivity index (χ2n) is 6.98. The Labute approximate surface area is 153 Å². The van der Waals surface area contributed by atoms with Gasteiger partial charge in [-0.05, 0) is 26.2 Å². The van der Waals surface area contributed by atoms with Crippen LogP contribution >= 0.6 is 0 Å². The number of rotatable bonds is 14. The number of allylic oxidation sites excluding steroid dienone is 2. The molecule has 1 saturated heterocycles. The van der Waals surface area contributed by atoms with Gasteiger partial charge in [0.2, 0.25) is 0 Å². The summed E-state index contributed by atoms with van der Waals surface area (Å²) in [5, 5.41) is 28.8. The zero-order chi connectivity index (χ0) is 18.3. The predicted octanol–water partition coefficient (Wildman–Crippen LogP) is 2.96. The molecule has 0 aliphatic carbocycles. The van der Waals surface area contributed by atoms with E-state index in [9.17, 15) is 10.2 Å². The van der Waals surface area contributed by atoms with Gasteiger partial charge in [-0.1, -0.05) is 57.1 Å². The molecule has 0 saturated carbocycles. The van der Waals surface area contributed by atoms with Crippen molar-refractivity contribution in [3.8, 4) is 0 Å². The van der Waals surface area contributed by atoms with Gasteiger partial charge in [0.25, 0.3) is 0 Å². The van der Waals surface area contributed by atoms with Crippen LogP contribution in [-0.4, -0.2) is 59.6 Å². The standard InChI is InChI=1S/C20H38O5/c1-2-3-4-5-6-7-8-9-10-11-12-13-14-24-18-16-25-17(15-21)19(22)20(18)23/h2-3,17-23H,4-16H2,1H3/b3-2+/t17-,18+,19-,20-/m0/s1. The summed E-state index contributed by atoms with van der Waals surface area (Å²) in [6, 6.07) is 0. The van der Waals surface area contributed by atoms with E-state index in [1.165, 1.54) is 51.4 Å². The summed E-state index contributed by atoms with van der Waals surface area (Å²) >= 11 is 0. The number of unbranched alkanes of at least 4 members (excludes halogenated alkanes) is 9. The Morgan fingerprint density at radius 3 is 2.12 bits per heavy atom. The van der Waals surface area contributed by atoms with E-state index in [4.69, 9.17) is 14.6 Å². The summed E-state index contributed by atoms with van der Waals surface area (Å²) < 4.78 is 10.9. The van der Waals surface area contributed by atoms with Crippen LogP contribution in [0.3, 0.4) is 0 Å². The van der Waals surface area contributed by atoms with E-state index in [1.54, 1.807) is 0 Å². The fraction of sp³-hybridized carbons (Fsp3) is 0.900. The molecule has 4 atom stereocenters. The average Bonchev–Trinajstić information content (AvgIpc) is 2.62. The molecule has 5 heteroatoms. The SMILES string of the molecule is C/C=C/CCCCCCCCCCCO[C@@H]1CO[C@@H](CO)[C@H](O)[C@H]1O. The topological polar surface area (TPSA) is 79.2 Å². The van der Waals surface area contributed by atoms with Gasteiger partial charge in [0, 0.05) is 6.61 Å².